The van der Waals surface area contributed by atoms with Crippen molar-refractivity contribution >= 4 is 5.91 Å². The lowest BCUT2D eigenvalue weighted by Gasteiger charge is -2.17. The third kappa shape index (κ3) is 3.16. The van der Waals surface area contributed by atoms with Crippen molar-refractivity contribution in [3.8, 4) is 17.1 Å². The zero-order valence-corrected chi connectivity index (χ0v) is 14.7. The van der Waals surface area contributed by atoms with Gasteiger partial charge in [-0.25, -0.2) is 5.06 Å². The fraction of sp³-hybridized carbons (Fsp3) is 0.211. The molecule has 0 saturated carbocycles. The average Bonchev–Trinajstić information content (AvgIpc) is 2.99. The van der Waals surface area contributed by atoms with Crippen LogP contribution in [0.2, 0.25) is 0 Å². The first kappa shape index (κ1) is 16.9. The third-order valence-electron chi connectivity index (χ3n) is 4.12. The van der Waals surface area contributed by atoms with E-state index >= 15 is 0 Å². The summed E-state index contributed by atoms with van der Waals surface area (Å²) in [7, 11) is 3.03. The number of hydrogen-bond acceptors (Lipinski definition) is 4. The van der Waals surface area contributed by atoms with E-state index in [1.54, 1.807) is 13.1 Å². The van der Waals surface area contributed by atoms with E-state index in [0.717, 1.165) is 17.0 Å². The number of benzene rings is 1. The highest BCUT2D eigenvalue weighted by molar-refractivity contribution is 5.99. The number of carbonyl (C=O) groups is 1. The summed E-state index contributed by atoms with van der Waals surface area (Å²) in [5.41, 5.74) is 3.85. The van der Waals surface area contributed by atoms with Crippen molar-refractivity contribution in [3.63, 3.8) is 0 Å². The van der Waals surface area contributed by atoms with Crippen LogP contribution in [-0.2, 0) is 4.84 Å². The number of carbonyl (C=O) groups excluding carboxylic acids is 1. The standard InChI is InChI=1S/C19H20N4O2/c1-13-10-11-14(2)23(13)17-12-16(19(24)22(3)25-4)18(21-20-17)15-8-6-5-7-9-15/h5-12H,1-4H3. The minimum atomic E-state index is -0.278. The zero-order chi connectivity index (χ0) is 18.0. The van der Waals surface area contributed by atoms with Gasteiger partial charge in [-0.1, -0.05) is 30.3 Å². The van der Waals surface area contributed by atoms with Crippen LogP contribution in [0.1, 0.15) is 21.7 Å². The highest BCUT2D eigenvalue weighted by atomic mass is 16.7. The van der Waals surface area contributed by atoms with E-state index in [-0.39, 0.29) is 5.91 Å². The second-order valence-corrected chi connectivity index (χ2v) is 5.77. The molecule has 6 nitrogen and oxygen atoms in total. The number of rotatable bonds is 4. The minimum Gasteiger partial charge on any atom is -0.302 e. The summed E-state index contributed by atoms with van der Waals surface area (Å²) in [6.07, 6.45) is 0. The monoisotopic (exact) mass is 336 g/mol. The van der Waals surface area contributed by atoms with Crippen molar-refractivity contribution in [3.05, 3.63) is 65.5 Å². The molecule has 2 aromatic heterocycles. The molecule has 0 spiro atoms. The minimum absolute atomic E-state index is 0.278. The maximum absolute atomic E-state index is 12.8. The highest BCUT2D eigenvalue weighted by Gasteiger charge is 2.21. The molecule has 25 heavy (non-hydrogen) atoms. The second kappa shape index (κ2) is 6.86. The average molecular weight is 336 g/mol. The van der Waals surface area contributed by atoms with Gasteiger partial charge in [0.1, 0.15) is 5.69 Å². The van der Waals surface area contributed by atoms with Gasteiger partial charge in [-0.2, -0.15) is 0 Å². The quantitative estimate of drug-likeness (QED) is 0.687. The summed E-state index contributed by atoms with van der Waals surface area (Å²) >= 11 is 0. The van der Waals surface area contributed by atoms with Crippen molar-refractivity contribution in [1.29, 1.82) is 0 Å². The lowest BCUT2D eigenvalue weighted by molar-refractivity contribution is -0.0756. The molecule has 2 heterocycles. The van der Waals surface area contributed by atoms with Crippen molar-refractivity contribution in [2.45, 2.75) is 13.8 Å². The van der Waals surface area contributed by atoms with Crippen molar-refractivity contribution in [2.24, 2.45) is 0 Å². The summed E-state index contributed by atoms with van der Waals surface area (Å²) < 4.78 is 1.96. The fourth-order valence-electron chi connectivity index (χ4n) is 2.75. The Morgan fingerprint density at radius 1 is 1.04 bits per heavy atom. The SMILES string of the molecule is CON(C)C(=O)c1cc(-n2c(C)ccc2C)nnc1-c1ccccc1. The zero-order valence-electron chi connectivity index (χ0n) is 14.7. The fourth-order valence-corrected chi connectivity index (χ4v) is 2.75. The summed E-state index contributed by atoms with van der Waals surface area (Å²) in [5, 5.41) is 9.88. The van der Waals surface area contributed by atoms with Crippen LogP contribution >= 0.6 is 0 Å². The summed E-state index contributed by atoms with van der Waals surface area (Å²) in [6.45, 7) is 3.98. The number of amides is 1. The normalized spacial score (nSPS) is 10.7. The molecule has 0 aliphatic carbocycles. The third-order valence-corrected chi connectivity index (χ3v) is 4.12. The molecule has 0 atom stereocenters. The Kier molecular flexibility index (Phi) is 4.63. The predicted molar refractivity (Wildman–Crippen MR) is 95.4 cm³/mol. The molecule has 0 aliphatic rings. The van der Waals surface area contributed by atoms with Crippen LogP contribution in [0.3, 0.4) is 0 Å². The molecular weight excluding hydrogens is 316 g/mol. The lowest BCUT2D eigenvalue weighted by atomic mass is 10.1. The molecule has 0 fully saturated rings. The van der Waals surface area contributed by atoms with E-state index in [9.17, 15) is 4.79 Å². The van der Waals surface area contributed by atoms with Gasteiger partial charge in [0, 0.05) is 24.0 Å². The Labute approximate surface area is 146 Å². The first-order valence-electron chi connectivity index (χ1n) is 7.93. The van der Waals surface area contributed by atoms with Crippen molar-refractivity contribution < 1.29 is 9.63 Å². The molecule has 1 amide bonds. The van der Waals surface area contributed by atoms with E-state index in [0.29, 0.717) is 17.1 Å². The number of hydroxylamine groups is 2. The van der Waals surface area contributed by atoms with Crippen LogP contribution in [0.25, 0.3) is 17.1 Å². The largest absolute Gasteiger partial charge is 0.302 e. The molecule has 0 N–H and O–H groups in total. The molecule has 0 unspecified atom stereocenters. The summed E-state index contributed by atoms with van der Waals surface area (Å²) in [5.74, 6) is 0.326. The Bertz CT molecular complexity index is 884. The van der Waals surface area contributed by atoms with Crippen LogP contribution < -0.4 is 0 Å². The molecule has 3 rings (SSSR count). The van der Waals surface area contributed by atoms with Gasteiger partial charge in [0.15, 0.2) is 5.82 Å². The van der Waals surface area contributed by atoms with Gasteiger partial charge in [-0.15, -0.1) is 10.2 Å². The summed E-state index contributed by atoms with van der Waals surface area (Å²) in [6, 6.07) is 15.3. The number of aryl methyl sites for hydroxylation is 2. The van der Waals surface area contributed by atoms with E-state index in [4.69, 9.17) is 4.84 Å². The molecule has 0 aliphatic heterocycles. The molecule has 1 aromatic carbocycles. The van der Waals surface area contributed by atoms with Gasteiger partial charge in [-0.05, 0) is 32.0 Å². The van der Waals surface area contributed by atoms with E-state index in [1.807, 2.05) is 60.9 Å². The van der Waals surface area contributed by atoms with E-state index in [2.05, 4.69) is 10.2 Å². The molecular formula is C19H20N4O2. The second-order valence-electron chi connectivity index (χ2n) is 5.77. The van der Waals surface area contributed by atoms with E-state index in [1.165, 1.54) is 12.2 Å². The molecule has 128 valence electrons. The molecule has 0 bridgehead atoms. The van der Waals surface area contributed by atoms with Crippen LogP contribution in [0, 0.1) is 13.8 Å². The highest BCUT2D eigenvalue weighted by Crippen LogP contribution is 2.24. The molecule has 3 aromatic rings. The Hall–Kier alpha value is -2.99. The molecule has 0 saturated heterocycles. The molecule has 6 heteroatoms. The van der Waals surface area contributed by atoms with Crippen molar-refractivity contribution in [1.82, 2.24) is 19.8 Å². The Morgan fingerprint density at radius 3 is 2.28 bits per heavy atom. The van der Waals surface area contributed by atoms with Crippen LogP contribution in [0.4, 0.5) is 0 Å². The van der Waals surface area contributed by atoms with Crippen LogP contribution in [-0.4, -0.2) is 39.9 Å². The predicted octanol–water partition coefficient (Wildman–Crippen LogP) is 3.18. The first-order chi connectivity index (χ1) is 12.0. The number of hydrogen-bond donors (Lipinski definition) is 0. The maximum Gasteiger partial charge on any atom is 0.279 e. The van der Waals surface area contributed by atoms with Gasteiger partial charge in [-0.3, -0.25) is 9.63 Å². The number of nitrogens with zero attached hydrogens (tertiary/aromatic N) is 4. The Morgan fingerprint density at radius 2 is 1.68 bits per heavy atom. The lowest BCUT2D eigenvalue weighted by Crippen LogP contribution is -2.26. The topological polar surface area (TPSA) is 60.2 Å². The van der Waals surface area contributed by atoms with Gasteiger partial charge in [0.25, 0.3) is 5.91 Å². The van der Waals surface area contributed by atoms with Crippen molar-refractivity contribution in [2.75, 3.05) is 14.2 Å². The number of aromatic nitrogens is 3. The van der Waals surface area contributed by atoms with Gasteiger partial charge in [0.2, 0.25) is 0 Å². The van der Waals surface area contributed by atoms with Gasteiger partial charge >= 0.3 is 0 Å². The van der Waals surface area contributed by atoms with Crippen LogP contribution in [0.15, 0.2) is 48.5 Å². The van der Waals surface area contributed by atoms with Crippen LogP contribution in [0.5, 0.6) is 0 Å². The maximum atomic E-state index is 12.8. The summed E-state index contributed by atoms with van der Waals surface area (Å²) in [4.78, 5) is 17.8. The Balaban J connectivity index is 2.19. The van der Waals surface area contributed by atoms with Gasteiger partial charge in [0.05, 0.1) is 12.7 Å². The smallest absolute Gasteiger partial charge is 0.279 e. The first-order valence-corrected chi connectivity index (χ1v) is 7.93. The van der Waals surface area contributed by atoms with E-state index < -0.39 is 0 Å². The van der Waals surface area contributed by atoms with Gasteiger partial charge < -0.3 is 4.57 Å². The molecule has 0 radical (unpaired) electrons.